The number of aromatic hydroxyl groups is 1. The van der Waals surface area contributed by atoms with Gasteiger partial charge in [0, 0.05) is 11.6 Å². The van der Waals surface area contributed by atoms with Gasteiger partial charge >= 0.3 is 0 Å². The number of alkyl halides is 1. The summed E-state index contributed by atoms with van der Waals surface area (Å²) in [6.07, 6.45) is 1.13. The van der Waals surface area contributed by atoms with E-state index in [0.29, 0.717) is 11.6 Å². The molecular formula is C12H16FNO. The van der Waals surface area contributed by atoms with E-state index < -0.39 is 6.17 Å². The van der Waals surface area contributed by atoms with Crippen molar-refractivity contribution in [1.82, 2.24) is 5.32 Å². The van der Waals surface area contributed by atoms with E-state index in [0.717, 1.165) is 24.9 Å². The maximum Gasteiger partial charge on any atom is 0.126 e. The summed E-state index contributed by atoms with van der Waals surface area (Å²) in [6.45, 7) is 2.47. The fraction of sp³-hybridized carbons (Fsp3) is 0.500. The van der Waals surface area contributed by atoms with E-state index in [9.17, 15) is 9.50 Å². The van der Waals surface area contributed by atoms with Crippen LogP contribution in [0.2, 0.25) is 0 Å². The van der Waals surface area contributed by atoms with Crippen LogP contribution in [0.3, 0.4) is 0 Å². The number of phenolic OH excluding ortho intramolecular Hbond substituents is 1. The highest BCUT2D eigenvalue weighted by Gasteiger charge is 2.18. The summed E-state index contributed by atoms with van der Waals surface area (Å²) in [6, 6.07) is 5.54. The molecule has 2 rings (SSSR count). The second kappa shape index (κ2) is 4.19. The third-order valence-electron chi connectivity index (χ3n) is 2.94. The molecule has 0 aromatic heterocycles. The number of benzene rings is 1. The summed E-state index contributed by atoms with van der Waals surface area (Å²) in [5.74, 6) is 0.0479. The average Bonchev–Trinajstić information content (AvgIpc) is 2.71. The van der Waals surface area contributed by atoms with Gasteiger partial charge < -0.3 is 10.4 Å². The SMILES string of the molecule is CC(F)c1cc(C2CCCN2)ccc1O. The molecule has 1 fully saturated rings. The predicted molar refractivity (Wildman–Crippen MR) is 57.6 cm³/mol. The van der Waals surface area contributed by atoms with Crippen LogP contribution in [-0.2, 0) is 0 Å². The third kappa shape index (κ3) is 2.12. The molecule has 82 valence electrons. The van der Waals surface area contributed by atoms with E-state index in [1.165, 1.54) is 6.92 Å². The average molecular weight is 209 g/mol. The Kier molecular flexibility index (Phi) is 2.91. The molecule has 0 bridgehead atoms. The zero-order valence-electron chi connectivity index (χ0n) is 8.83. The highest BCUT2D eigenvalue weighted by atomic mass is 19.1. The van der Waals surface area contributed by atoms with Gasteiger partial charge in [0.25, 0.3) is 0 Å². The maximum absolute atomic E-state index is 13.2. The number of halogens is 1. The predicted octanol–water partition coefficient (Wildman–Crippen LogP) is 2.85. The summed E-state index contributed by atoms with van der Waals surface area (Å²) in [7, 11) is 0. The van der Waals surface area contributed by atoms with Gasteiger partial charge in [-0.3, -0.25) is 0 Å². The fourth-order valence-electron chi connectivity index (χ4n) is 2.08. The number of rotatable bonds is 2. The van der Waals surface area contributed by atoms with Crippen LogP contribution in [0.4, 0.5) is 4.39 Å². The van der Waals surface area contributed by atoms with Crippen molar-refractivity contribution in [1.29, 1.82) is 0 Å². The Balaban J connectivity index is 2.29. The lowest BCUT2D eigenvalue weighted by Gasteiger charge is -2.13. The lowest BCUT2D eigenvalue weighted by atomic mass is 10.0. The topological polar surface area (TPSA) is 32.3 Å². The molecule has 15 heavy (non-hydrogen) atoms. The van der Waals surface area contributed by atoms with Crippen LogP contribution < -0.4 is 5.32 Å². The van der Waals surface area contributed by atoms with E-state index in [1.807, 2.05) is 6.07 Å². The normalized spacial score (nSPS) is 22.9. The van der Waals surface area contributed by atoms with Gasteiger partial charge in [0.15, 0.2) is 0 Å². The first kappa shape index (κ1) is 10.4. The lowest BCUT2D eigenvalue weighted by molar-refractivity contribution is 0.356. The maximum atomic E-state index is 13.2. The van der Waals surface area contributed by atoms with Crippen LogP contribution in [0.1, 0.15) is 43.1 Å². The molecule has 1 aromatic carbocycles. The molecule has 0 amide bonds. The fourth-order valence-corrected chi connectivity index (χ4v) is 2.08. The Morgan fingerprint density at radius 3 is 2.93 bits per heavy atom. The van der Waals surface area contributed by atoms with Gasteiger partial charge in [0.1, 0.15) is 11.9 Å². The number of hydrogen-bond acceptors (Lipinski definition) is 2. The standard InChI is InChI=1S/C12H16FNO/c1-8(13)10-7-9(4-5-12(10)15)11-3-2-6-14-11/h4-5,7-8,11,14-15H,2-3,6H2,1H3. The third-order valence-corrected chi connectivity index (χ3v) is 2.94. The Morgan fingerprint density at radius 1 is 1.53 bits per heavy atom. The molecule has 1 heterocycles. The summed E-state index contributed by atoms with van der Waals surface area (Å²) >= 11 is 0. The van der Waals surface area contributed by atoms with Gasteiger partial charge in [-0.2, -0.15) is 0 Å². The molecular weight excluding hydrogens is 193 g/mol. The first-order chi connectivity index (χ1) is 7.18. The van der Waals surface area contributed by atoms with Crippen molar-refractivity contribution in [2.75, 3.05) is 6.54 Å². The molecule has 2 nitrogen and oxygen atoms in total. The molecule has 1 saturated heterocycles. The largest absolute Gasteiger partial charge is 0.508 e. The van der Waals surface area contributed by atoms with Gasteiger partial charge in [0.05, 0.1) is 0 Å². The van der Waals surface area contributed by atoms with Crippen LogP contribution >= 0.6 is 0 Å². The molecule has 2 atom stereocenters. The van der Waals surface area contributed by atoms with E-state index in [1.54, 1.807) is 12.1 Å². The highest BCUT2D eigenvalue weighted by molar-refractivity contribution is 5.38. The van der Waals surface area contributed by atoms with Crippen molar-refractivity contribution >= 4 is 0 Å². The number of hydrogen-bond donors (Lipinski definition) is 2. The van der Waals surface area contributed by atoms with Crippen LogP contribution in [0.15, 0.2) is 18.2 Å². The molecule has 0 spiro atoms. The molecule has 1 aromatic rings. The van der Waals surface area contributed by atoms with E-state index in [-0.39, 0.29) is 5.75 Å². The van der Waals surface area contributed by atoms with Gasteiger partial charge in [-0.1, -0.05) is 6.07 Å². The summed E-state index contributed by atoms with van der Waals surface area (Å²) in [5, 5.41) is 12.8. The van der Waals surface area contributed by atoms with Crippen molar-refractivity contribution in [3.05, 3.63) is 29.3 Å². The summed E-state index contributed by atoms with van der Waals surface area (Å²) < 4.78 is 13.2. The number of phenols is 1. The Labute approximate surface area is 89.1 Å². The smallest absolute Gasteiger partial charge is 0.126 e. The minimum atomic E-state index is -1.12. The monoisotopic (exact) mass is 209 g/mol. The first-order valence-electron chi connectivity index (χ1n) is 5.39. The minimum Gasteiger partial charge on any atom is -0.508 e. The Bertz CT molecular complexity index is 345. The quantitative estimate of drug-likeness (QED) is 0.785. The molecule has 1 aliphatic rings. The Hall–Kier alpha value is -1.09. The summed E-state index contributed by atoms with van der Waals surface area (Å²) in [5.41, 5.74) is 1.46. The molecule has 0 saturated carbocycles. The van der Waals surface area contributed by atoms with Gasteiger partial charge in [-0.15, -0.1) is 0 Å². The Morgan fingerprint density at radius 2 is 2.33 bits per heavy atom. The van der Waals surface area contributed by atoms with E-state index >= 15 is 0 Å². The van der Waals surface area contributed by atoms with Crippen LogP contribution in [0.25, 0.3) is 0 Å². The van der Waals surface area contributed by atoms with Crippen molar-refractivity contribution in [2.45, 2.75) is 32.0 Å². The van der Waals surface area contributed by atoms with Crippen molar-refractivity contribution in [2.24, 2.45) is 0 Å². The van der Waals surface area contributed by atoms with Gasteiger partial charge in [0.2, 0.25) is 0 Å². The van der Waals surface area contributed by atoms with Crippen LogP contribution in [0.5, 0.6) is 5.75 Å². The zero-order chi connectivity index (χ0) is 10.8. The zero-order valence-corrected chi connectivity index (χ0v) is 8.83. The van der Waals surface area contributed by atoms with Crippen LogP contribution in [0, 0.1) is 0 Å². The summed E-state index contributed by atoms with van der Waals surface area (Å²) in [4.78, 5) is 0. The van der Waals surface area contributed by atoms with Crippen molar-refractivity contribution in [3.8, 4) is 5.75 Å². The van der Waals surface area contributed by atoms with Gasteiger partial charge in [-0.25, -0.2) is 4.39 Å². The molecule has 3 heteroatoms. The lowest BCUT2D eigenvalue weighted by Crippen LogP contribution is -2.13. The number of nitrogens with one attached hydrogen (secondary N) is 1. The highest BCUT2D eigenvalue weighted by Crippen LogP contribution is 2.31. The molecule has 0 radical (unpaired) electrons. The van der Waals surface area contributed by atoms with Crippen molar-refractivity contribution in [3.63, 3.8) is 0 Å². The first-order valence-corrected chi connectivity index (χ1v) is 5.39. The van der Waals surface area contributed by atoms with Gasteiger partial charge in [-0.05, 0) is 44.0 Å². The molecule has 2 N–H and O–H groups in total. The van der Waals surface area contributed by atoms with Crippen LogP contribution in [-0.4, -0.2) is 11.7 Å². The second-order valence-electron chi connectivity index (χ2n) is 4.08. The van der Waals surface area contributed by atoms with E-state index in [2.05, 4.69) is 5.32 Å². The molecule has 0 aliphatic carbocycles. The molecule has 2 unspecified atom stereocenters. The minimum absolute atomic E-state index is 0.0479. The second-order valence-corrected chi connectivity index (χ2v) is 4.08. The van der Waals surface area contributed by atoms with E-state index in [4.69, 9.17) is 0 Å². The molecule has 1 aliphatic heterocycles. The van der Waals surface area contributed by atoms with Crippen molar-refractivity contribution < 1.29 is 9.50 Å².